The number of likely N-dealkylation sites (N-methyl/N-ethyl adjacent to an activating group) is 1. The Kier molecular flexibility index (Phi) is 4.22. The number of methoxy groups -OCH3 is 1. The summed E-state index contributed by atoms with van der Waals surface area (Å²) in [6.45, 7) is 0. The second-order valence-corrected chi connectivity index (χ2v) is 3.69. The van der Waals surface area contributed by atoms with Crippen LogP contribution in [-0.4, -0.2) is 26.2 Å². The standard InChI is InChI=1S/C10H19NO2/c1-11-9(10(12)13-2)8-6-4-3-5-7-8/h8-9,11H,3-7H2,1-2H3/t9-/m0/s1. The van der Waals surface area contributed by atoms with Crippen molar-refractivity contribution >= 4 is 5.97 Å². The molecule has 0 aromatic carbocycles. The number of hydrogen-bond acceptors (Lipinski definition) is 3. The van der Waals surface area contributed by atoms with E-state index in [0.29, 0.717) is 5.92 Å². The molecule has 1 fully saturated rings. The number of carbonyl (C=O) groups excluding carboxylic acids is 1. The fourth-order valence-corrected chi connectivity index (χ4v) is 2.14. The van der Waals surface area contributed by atoms with Gasteiger partial charge in [-0.3, -0.25) is 4.79 Å². The van der Waals surface area contributed by atoms with Crippen molar-refractivity contribution < 1.29 is 9.53 Å². The maximum absolute atomic E-state index is 11.4. The summed E-state index contributed by atoms with van der Waals surface area (Å²) in [5.74, 6) is 0.362. The van der Waals surface area contributed by atoms with Crippen LogP contribution in [0.4, 0.5) is 0 Å². The van der Waals surface area contributed by atoms with E-state index in [1.54, 1.807) is 0 Å². The molecule has 0 radical (unpaired) electrons. The summed E-state index contributed by atoms with van der Waals surface area (Å²) < 4.78 is 4.76. The molecular weight excluding hydrogens is 166 g/mol. The Morgan fingerprint density at radius 1 is 1.38 bits per heavy atom. The summed E-state index contributed by atoms with van der Waals surface area (Å²) in [5.41, 5.74) is 0. The van der Waals surface area contributed by atoms with Crippen molar-refractivity contribution in [2.75, 3.05) is 14.2 Å². The first kappa shape index (κ1) is 10.5. The number of ether oxygens (including phenoxy) is 1. The molecular formula is C10H19NO2. The Balaban J connectivity index is 2.48. The van der Waals surface area contributed by atoms with Crippen molar-refractivity contribution in [1.29, 1.82) is 0 Å². The number of rotatable bonds is 3. The predicted octanol–water partition coefficient (Wildman–Crippen LogP) is 1.33. The van der Waals surface area contributed by atoms with Crippen LogP contribution in [-0.2, 0) is 9.53 Å². The molecule has 0 spiro atoms. The molecule has 1 saturated carbocycles. The van der Waals surface area contributed by atoms with Gasteiger partial charge in [0, 0.05) is 0 Å². The number of hydrogen-bond donors (Lipinski definition) is 1. The zero-order valence-electron chi connectivity index (χ0n) is 8.51. The fraction of sp³-hybridized carbons (Fsp3) is 0.900. The van der Waals surface area contributed by atoms with Crippen molar-refractivity contribution in [3.8, 4) is 0 Å². The molecule has 1 N–H and O–H groups in total. The fourth-order valence-electron chi connectivity index (χ4n) is 2.14. The summed E-state index contributed by atoms with van der Waals surface area (Å²) >= 11 is 0. The Morgan fingerprint density at radius 2 is 2.00 bits per heavy atom. The molecule has 0 aromatic rings. The van der Waals surface area contributed by atoms with Crippen molar-refractivity contribution in [2.45, 2.75) is 38.1 Å². The Hall–Kier alpha value is -0.570. The van der Waals surface area contributed by atoms with Crippen LogP contribution in [0.15, 0.2) is 0 Å². The largest absolute Gasteiger partial charge is 0.468 e. The molecule has 0 amide bonds. The summed E-state index contributed by atoms with van der Waals surface area (Å²) in [6, 6.07) is -0.0923. The first-order valence-corrected chi connectivity index (χ1v) is 5.04. The molecule has 1 atom stereocenters. The normalized spacial score (nSPS) is 21.1. The van der Waals surface area contributed by atoms with Crippen LogP contribution in [0, 0.1) is 5.92 Å². The molecule has 0 aliphatic heterocycles. The first-order valence-electron chi connectivity index (χ1n) is 5.04. The van der Waals surface area contributed by atoms with E-state index in [0.717, 1.165) is 12.8 Å². The number of nitrogens with one attached hydrogen (secondary N) is 1. The molecule has 1 aliphatic rings. The highest BCUT2D eigenvalue weighted by molar-refractivity contribution is 5.76. The lowest BCUT2D eigenvalue weighted by Gasteiger charge is -2.27. The van der Waals surface area contributed by atoms with E-state index in [1.165, 1.54) is 26.4 Å². The van der Waals surface area contributed by atoms with Crippen molar-refractivity contribution in [3.05, 3.63) is 0 Å². The molecule has 0 bridgehead atoms. The molecule has 0 aromatic heterocycles. The highest BCUT2D eigenvalue weighted by Crippen LogP contribution is 2.26. The molecule has 0 heterocycles. The molecule has 3 nitrogen and oxygen atoms in total. The summed E-state index contributed by atoms with van der Waals surface area (Å²) in [7, 11) is 3.28. The van der Waals surface area contributed by atoms with Gasteiger partial charge in [0.05, 0.1) is 7.11 Å². The minimum absolute atomic E-state index is 0.0923. The smallest absolute Gasteiger partial charge is 0.323 e. The van der Waals surface area contributed by atoms with Gasteiger partial charge in [-0.1, -0.05) is 19.3 Å². The third kappa shape index (κ3) is 2.69. The monoisotopic (exact) mass is 185 g/mol. The summed E-state index contributed by atoms with van der Waals surface area (Å²) in [6.07, 6.45) is 6.12. The summed E-state index contributed by atoms with van der Waals surface area (Å²) in [4.78, 5) is 11.4. The quantitative estimate of drug-likeness (QED) is 0.674. The van der Waals surface area contributed by atoms with Crippen LogP contribution in [0.3, 0.4) is 0 Å². The highest BCUT2D eigenvalue weighted by atomic mass is 16.5. The maximum Gasteiger partial charge on any atom is 0.323 e. The zero-order chi connectivity index (χ0) is 9.68. The third-order valence-electron chi connectivity index (χ3n) is 2.89. The Bertz CT molecular complexity index is 164. The van der Waals surface area contributed by atoms with Gasteiger partial charge in [-0.2, -0.15) is 0 Å². The van der Waals surface area contributed by atoms with Gasteiger partial charge in [-0.05, 0) is 25.8 Å². The average Bonchev–Trinajstić information content (AvgIpc) is 2.20. The number of esters is 1. The Morgan fingerprint density at radius 3 is 2.46 bits per heavy atom. The van der Waals surface area contributed by atoms with Gasteiger partial charge in [-0.15, -0.1) is 0 Å². The predicted molar refractivity (Wildman–Crippen MR) is 51.4 cm³/mol. The van der Waals surface area contributed by atoms with E-state index in [4.69, 9.17) is 4.74 Å². The van der Waals surface area contributed by atoms with Crippen molar-refractivity contribution in [2.24, 2.45) is 5.92 Å². The van der Waals surface area contributed by atoms with Gasteiger partial charge in [-0.25, -0.2) is 0 Å². The van der Waals surface area contributed by atoms with Gasteiger partial charge < -0.3 is 10.1 Å². The molecule has 0 unspecified atom stereocenters. The maximum atomic E-state index is 11.4. The van der Waals surface area contributed by atoms with Crippen molar-refractivity contribution in [3.63, 3.8) is 0 Å². The average molecular weight is 185 g/mol. The molecule has 1 rings (SSSR count). The van der Waals surface area contributed by atoms with E-state index >= 15 is 0 Å². The third-order valence-corrected chi connectivity index (χ3v) is 2.89. The van der Waals surface area contributed by atoms with Crippen molar-refractivity contribution in [1.82, 2.24) is 5.32 Å². The van der Waals surface area contributed by atoms with E-state index in [1.807, 2.05) is 7.05 Å². The second-order valence-electron chi connectivity index (χ2n) is 3.69. The van der Waals surface area contributed by atoms with E-state index in [2.05, 4.69) is 5.32 Å². The van der Waals surface area contributed by atoms with E-state index < -0.39 is 0 Å². The minimum Gasteiger partial charge on any atom is -0.468 e. The highest BCUT2D eigenvalue weighted by Gasteiger charge is 2.28. The molecule has 76 valence electrons. The van der Waals surface area contributed by atoms with Gasteiger partial charge in [0.25, 0.3) is 0 Å². The lowest BCUT2D eigenvalue weighted by atomic mass is 9.84. The van der Waals surface area contributed by atoms with E-state index in [9.17, 15) is 4.79 Å². The van der Waals surface area contributed by atoms with Crippen LogP contribution < -0.4 is 5.32 Å². The van der Waals surface area contributed by atoms with Gasteiger partial charge >= 0.3 is 5.97 Å². The molecule has 3 heteroatoms. The lowest BCUT2D eigenvalue weighted by Crippen LogP contribution is -2.42. The lowest BCUT2D eigenvalue weighted by molar-refractivity contribution is -0.144. The van der Waals surface area contributed by atoms with Crippen LogP contribution in [0.25, 0.3) is 0 Å². The van der Waals surface area contributed by atoms with Gasteiger partial charge in [0.15, 0.2) is 0 Å². The topological polar surface area (TPSA) is 38.3 Å². The van der Waals surface area contributed by atoms with Crippen LogP contribution in [0.1, 0.15) is 32.1 Å². The van der Waals surface area contributed by atoms with Crippen LogP contribution >= 0.6 is 0 Å². The molecule has 0 saturated heterocycles. The molecule has 1 aliphatic carbocycles. The van der Waals surface area contributed by atoms with Gasteiger partial charge in [0.1, 0.15) is 6.04 Å². The first-order chi connectivity index (χ1) is 6.29. The second kappa shape index (κ2) is 5.22. The van der Waals surface area contributed by atoms with Crippen LogP contribution in [0.2, 0.25) is 0 Å². The summed E-state index contributed by atoms with van der Waals surface area (Å²) in [5, 5.41) is 3.05. The zero-order valence-corrected chi connectivity index (χ0v) is 8.51. The SMILES string of the molecule is CN[C@H](C(=O)OC)C1CCCCC1. The minimum atomic E-state index is -0.116. The van der Waals surface area contributed by atoms with Gasteiger partial charge in [0.2, 0.25) is 0 Å². The molecule has 13 heavy (non-hydrogen) atoms. The van der Waals surface area contributed by atoms with E-state index in [-0.39, 0.29) is 12.0 Å². The van der Waals surface area contributed by atoms with Crippen LogP contribution in [0.5, 0.6) is 0 Å². The Labute approximate surface area is 79.8 Å². The number of carbonyl (C=O) groups is 1.